The van der Waals surface area contributed by atoms with Gasteiger partial charge in [-0.1, -0.05) is 42.1 Å². The lowest BCUT2D eigenvalue weighted by atomic mass is 9.98. The second-order valence-electron chi connectivity index (χ2n) is 5.55. The number of fused-ring (bicyclic) bond motifs is 2. The Kier molecular flexibility index (Phi) is 4.53. The normalized spacial score (nSPS) is 14.5. The van der Waals surface area contributed by atoms with Crippen LogP contribution < -0.4 is 0 Å². The Hall–Kier alpha value is -1.74. The van der Waals surface area contributed by atoms with E-state index in [0.29, 0.717) is 6.61 Å². The van der Waals surface area contributed by atoms with Crippen LogP contribution >= 0.6 is 11.8 Å². The van der Waals surface area contributed by atoms with Crippen molar-refractivity contribution in [2.75, 3.05) is 6.61 Å². The Morgan fingerprint density at radius 2 is 1.86 bits per heavy atom. The van der Waals surface area contributed by atoms with Crippen molar-refractivity contribution >= 4 is 17.7 Å². The molecule has 0 fully saturated rings. The molecule has 0 amide bonds. The number of ether oxygens (including phenoxy) is 1. The van der Waals surface area contributed by atoms with E-state index in [0.717, 1.165) is 18.4 Å². The maximum Gasteiger partial charge on any atom is 0.313 e. The highest BCUT2D eigenvalue weighted by Crippen LogP contribution is 2.38. The molecule has 0 radical (unpaired) electrons. The van der Waals surface area contributed by atoms with E-state index in [1.165, 1.54) is 20.9 Å². The van der Waals surface area contributed by atoms with Crippen molar-refractivity contribution in [3.63, 3.8) is 0 Å². The molecule has 1 atom stereocenters. The summed E-state index contributed by atoms with van der Waals surface area (Å²) < 4.78 is 5.14. The van der Waals surface area contributed by atoms with Gasteiger partial charge >= 0.3 is 5.97 Å². The van der Waals surface area contributed by atoms with Crippen molar-refractivity contribution in [2.45, 2.75) is 42.4 Å². The van der Waals surface area contributed by atoms with E-state index in [9.17, 15) is 4.79 Å². The molecule has 1 heterocycles. The van der Waals surface area contributed by atoms with Crippen LogP contribution in [0.2, 0.25) is 0 Å². The molecular weight excluding hydrogens is 292 g/mol. The molecule has 0 bridgehead atoms. The largest absolute Gasteiger partial charge is 0.466 e. The molecule has 22 heavy (non-hydrogen) atoms. The van der Waals surface area contributed by atoms with E-state index in [1.54, 1.807) is 0 Å². The minimum absolute atomic E-state index is 0.151. The lowest BCUT2D eigenvalue weighted by Gasteiger charge is -2.13. The molecule has 0 aromatic heterocycles. The Morgan fingerprint density at radius 3 is 2.64 bits per heavy atom. The summed E-state index contributed by atoms with van der Waals surface area (Å²) in [4.78, 5) is 14.5. The Bertz CT molecular complexity index is 694. The average molecular weight is 312 g/mol. The number of rotatable bonds is 3. The second kappa shape index (κ2) is 6.57. The first-order chi connectivity index (χ1) is 10.7. The van der Waals surface area contributed by atoms with E-state index in [2.05, 4.69) is 42.5 Å². The van der Waals surface area contributed by atoms with Gasteiger partial charge in [0.05, 0.1) is 12.5 Å². The van der Waals surface area contributed by atoms with Crippen LogP contribution in [0.3, 0.4) is 0 Å². The SMILES string of the molecule is CCOC(=O)C(C)c1ccc2c(c1)Sc1ccccc1CC2. The van der Waals surface area contributed by atoms with E-state index in [4.69, 9.17) is 4.74 Å². The summed E-state index contributed by atoms with van der Waals surface area (Å²) in [5.41, 5.74) is 3.80. The highest BCUT2D eigenvalue weighted by Gasteiger charge is 2.19. The Morgan fingerprint density at radius 1 is 1.14 bits per heavy atom. The van der Waals surface area contributed by atoms with Crippen molar-refractivity contribution in [3.05, 3.63) is 59.2 Å². The molecule has 1 aliphatic rings. The first-order valence-electron chi connectivity index (χ1n) is 7.74. The minimum atomic E-state index is -0.218. The summed E-state index contributed by atoms with van der Waals surface area (Å²) in [6, 6.07) is 15.0. The second-order valence-corrected chi connectivity index (χ2v) is 6.63. The lowest BCUT2D eigenvalue weighted by Crippen LogP contribution is -2.13. The summed E-state index contributed by atoms with van der Waals surface area (Å²) in [6.07, 6.45) is 2.12. The zero-order chi connectivity index (χ0) is 15.5. The van der Waals surface area contributed by atoms with Crippen LogP contribution in [0.25, 0.3) is 0 Å². The van der Waals surface area contributed by atoms with Gasteiger partial charge in [0, 0.05) is 9.79 Å². The summed E-state index contributed by atoms with van der Waals surface area (Å²) in [5.74, 6) is -0.370. The van der Waals surface area contributed by atoms with Crippen molar-refractivity contribution in [2.24, 2.45) is 0 Å². The lowest BCUT2D eigenvalue weighted by molar-refractivity contribution is -0.144. The predicted molar refractivity (Wildman–Crippen MR) is 89.5 cm³/mol. The molecule has 114 valence electrons. The van der Waals surface area contributed by atoms with Gasteiger partial charge in [-0.05, 0) is 55.5 Å². The van der Waals surface area contributed by atoms with E-state index >= 15 is 0 Å². The van der Waals surface area contributed by atoms with Gasteiger partial charge in [0.15, 0.2) is 0 Å². The Labute approximate surface area is 135 Å². The van der Waals surface area contributed by atoms with E-state index < -0.39 is 0 Å². The third kappa shape index (κ3) is 3.05. The van der Waals surface area contributed by atoms with Gasteiger partial charge in [0.25, 0.3) is 0 Å². The molecular formula is C19H20O2S. The van der Waals surface area contributed by atoms with Crippen molar-refractivity contribution < 1.29 is 9.53 Å². The number of hydrogen-bond donors (Lipinski definition) is 0. The summed E-state index contributed by atoms with van der Waals surface area (Å²) >= 11 is 1.81. The quantitative estimate of drug-likeness (QED) is 0.775. The van der Waals surface area contributed by atoms with Crippen LogP contribution in [0.15, 0.2) is 52.3 Å². The van der Waals surface area contributed by atoms with Crippen LogP contribution in [0.4, 0.5) is 0 Å². The van der Waals surface area contributed by atoms with E-state index in [1.807, 2.05) is 25.6 Å². The molecule has 1 aliphatic heterocycles. The van der Waals surface area contributed by atoms with Gasteiger partial charge < -0.3 is 4.74 Å². The number of aryl methyl sites for hydroxylation is 2. The molecule has 0 aliphatic carbocycles. The fourth-order valence-electron chi connectivity index (χ4n) is 2.74. The number of esters is 1. The van der Waals surface area contributed by atoms with Crippen LogP contribution in [0.5, 0.6) is 0 Å². The van der Waals surface area contributed by atoms with Gasteiger partial charge in [-0.15, -0.1) is 0 Å². The standard InChI is InChI=1S/C19H20O2S/c1-3-21-19(20)13(2)16-11-10-15-9-8-14-6-4-5-7-17(14)22-18(15)12-16/h4-7,10-13H,3,8-9H2,1-2H3. The molecule has 2 nitrogen and oxygen atoms in total. The van der Waals surface area contributed by atoms with Crippen LogP contribution in [-0.2, 0) is 22.4 Å². The maximum absolute atomic E-state index is 11.9. The first kappa shape index (κ1) is 15.2. The molecule has 1 unspecified atom stereocenters. The zero-order valence-corrected chi connectivity index (χ0v) is 13.8. The molecule has 3 rings (SSSR count). The zero-order valence-electron chi connectivity index (χ0n) is 13.0. The number of benzene rings is 2. The van der Waals surface area contributed by atoms with Gasteiger partial charge in [0.1, 0.15) is 0 Å². The molecule has 2 aromatic rings. The van der Waals surface area contributed by atoms with Crippen LogP contribution in [0.1, 0.15) is 36.5 Å². The van der Waals surface area contributed by atoms with Crippen molar-refractivity contribution in [1.29, 1.82) is 0 Å². The summed E-state index contributed by atoms with van der Waals surface area (Å²) in [5, 5.41) is 0. The molecule has 2 aromatic carbocycles. The van der Waals surface area contributed by atoms with Gasteiger partial charge in [-0.3, -0.25) is 4.79 Å². The summed E-state index contributed by atoms with van der Waals surface area (Å²) in [7, 11) is 0. The minimum Gasteiger partial charge on any atom is -0.466 e. The molecule has 0 N–H and O–H groups in total. The molecule has 0 saturated carbocycles. The fraction of sp³-hybridized carbons (Fsp3) is 0.316. The predicted octanol–water partition coefficient (Wildman–Crippen LogP) is 4.60. The number of hydrogen-bond acceptors (Lipinski definition) is 3. The maximum atomic E-state index is 11.9. The molecule has 0 saturated heterocycles. The van der Waals surface area contributed by atoms with Crippen molar-refractivity contribution in [3.8, 4) is 0 Å². The molecule has 0 spiro atoms. The highest BCUT2D eigenvalue weighted by atomic mass is 32.2. The molecule has 3 heteroatoms. The number of carbonyl (C=O) groups excluding carboxylic acids is 1. The highest BCUT2D eigenvalue weighted by molar-refractivity contribution is 7.99. The van der Waals surface area contributed by atoms with Crippen molar-refractivity contribution in [1.82, 2.24) is 0 Å². The van der Waals surface area contributed by atoms with Gasteiger partial charge in [-0.25, -0.2) is 0 Å². The van der Waals surface area contributed by atoms with E-state index in [-0.39, 0.29) is 11.9 Å². The smallest absolute Gasteiger partial charge is 0.313 e. The van der Waals surface area contributed by atoms with Crippen LogP contribution in [-0.4, -0.2) is 12.6 Å². The third-order valence-corrected chi connectivity index (χ3v) is 5.31. The fourth-order valence-corrected chi connectivity index (χ4v) is 3.92. The topological polar surface area (TPSA) is 26.3 Å². The Balaban J connectivity index is 1.91. The monoisotopic (exact) mass is 312 g/mol. The number of carbonyl (C=O) groups is 1. The summed E-state index contributed by atoms with van der Waals surface area (Å²) in [6.45, 7) is 4.18. The third-order valence-electron chi connectivity index (χ3n) is 4.09. The van der Waals surface area contributed by atoms with Crippen LogP contribution in [0, 0.1) is 0 Å². The van der Waals surface area contributed by atoms with Gasteiger partial charge in [0.2, 0.25) is 0 Å². The average Bonchev–Trinajstić information content (AvgIpc) is 2.72. The first-order valence-corrected chi connectivity index (χ1v) is 8.56. The van der Waals surface area contributed by atoms with Gasteiger partial charge in [-0.2, -0.15) is 0 Å².